The van der Waals surface area contributed by atoms with Crippen molar-refractivity contribution in [1.82, 2.24) is 5.32 Å². The van der Waals surface area contributed by atoms with Crippen molar-refractivity contribution in [3.8, 4) is 0 Å². The summed E-state index contributed by atoms with van der Waals surface area (Å²) in [5, 5.41) is 11.8. The number of nitrogens with one attached hydrogen (secondary N) is 1. The van der Waals surface area contributed by atoms with E-state index in [4.69, 9.17) is 5.11 Å². The van der Waals surface area contributed by atoms with Crippen LogP contribution in [-0.4, -0.2) is 17.6 Å². The standard InChI is InChI=1S/C12H16FNO2/c1-9(12(15)16)6-7-14-8-10-2-4-11(13)5-3-10/h2-5,9,14H,6-8H2,1H3,(H,15,16). The van der Waals surface area contributed by atoms with Gasteiger partial charge in [0, 0.05) is 6.54 Å². The van der Waals surface area contributed by atoms with Crippen LogP contribution < -0.4 is 5.32 Å². The lowest BCUT2D eigenvalue weighted by atomic mass is 10.1. The van der Waals surface area contributed by atoms with Crippen LogP contribution in [0.5, 0.6) is 0 Å². The average molecular weight is 225 g/mol. The first-order valence-electron chi connectivity index (χ1n) is 5.27. The Morgan fingerprint density at radius 3 is 2.62 bits per heavy atom. The average Bonchev–Trinajstić information content (AvgIpc) is 2.26. The third kappa shape index (κ3) is 4.40. The van der Waals surface area contributed by atoms with Gasteiger partial charge in [-0.25, -0.2) is 4.39 Å². The Morgan fingerprint density at radius 1 is 1.44 bits per heavy atom. The minimum atomic E-state index is -0.774. The molecule has 0 spiro atoms. The second kappa shape index (κ2) is 6.23. The Bertz CT molecular complexity index is 337. The Hall–Kier alpha value is -1.42. The predicted molar refractivity (Wildman–Crippen MR) is 59.5 cm³/mol. The molecule has 1 unspecified atom stereocenters. The zero-order valence-corrected chi connectivity index (χ0v) is 9.24. The highest BCUT2D eigenvalue weighted by atomic mass is 19.1. The lowest BCUT2D eigenvalue weighted by Crippen LogP contribution is -2.20. The molecule has 0 bridgehead atoms. The minimum Gasteiger partial charge on any atom is -0.481 e. The Labute approximate surface area is 94.3 Å². The van der Waals surface area contributed by atoms with Gasteiger partial charge >= 0.3 is 5.97 Å². The van der Waals surface area contributed by atoms with Gasteiger partial charge in [-0.15, -0.1) is 0 Å². The van der Waals surface area contributed by atoms with E-state index >= 15 is 0 Å². The summed E-state index contributed by atoms with van der Waals surface area (Å²) in [7, 11) is 0. The molecule has 0 fully saturated rings. The molecule has 1 rings (SSSR count). The second-order valence-electron chi connectivity index (χ2n) is 3.83. The van der Waals surface area contributed by atoms with E-state index in [0.29, 0.717) is 19.5 Å². The fraction of sp³-hybridized carbons (Fsp3) is 0.417. The van der Waals surface area contributed by atoms with Crippen molar-refractivity contribution in [2.24, 2.45) is 5.92 Å². The highest BCUT2D eigenvalue weighted by molar-refractivity contribution is 5.69. The summed E-state index contributed by atoms with van der Waals surface area (Å²) in [6, 6.07) is 6.25. The highest BCUT2D eigenvalue weighted by Crippen LogP contribution is 2.03. The van der Waals surface area contributed by atoms with E-state index in [1.807, 2.05) is 0 Å². The van der Waals surface area contributed by atoms with E-state index in [1.165, 1.54) is 12.1 Å². The van der Waals surface area contributed by atoms with Gasteiger partial charge in [0.15, 0.2) is 0 Å². The van der Waals surface area contributed by atoms with E-state index < -0.39 is 5.97 Å². The van der Waals surface area contributed by atoms with Gasteiger partial charge in [-0.2, -0.15) is 0 Å². The van der Waals surface area contributed by atoms with Crippen molar-refractivity contribution in [3.05, 3.63) is 35.6 Å². The van der Waals surface area contributed by atoms with Crippen LogP contribution in [0, 0.1) is 11.7 Å². The van der Waals surface area contributed by atoms with Crippen LogP contribution in [0.15, 0.2) is 24.3 Å². The van der Waals surface area contributed by atoms with Gasteiger partial charge in [-0.3, -0.25) is 4.79 Å². The van der Waals surface area contributed by atoms with Crippen molar-refractivity contribution in [2.75, 3.05) is 6.54 Å². The number of rotatable bonds is 6. The van der Waals surface area contributed by atoms with Crippen molar-refractivity contribution < 1.29 is 14.3 Å². The van der Waals surface area contributed by atoms with E-state index in [0.717, 1.165) is 5.56 Å². The topological polar surface area (TPSA) is 49.3 Å². The lowest BCUT2D eigenvalue weighted by Gasteiger charge is -2.07. The van der Waals surface area contributed by atoms with Gasteiger partial charge in [0.2, 0.25) is 0 Å². The summed E-state index contributed by atoms with van der Waals surface area (Å²) in [6.07, 6.45) is 0.594. The summed E-state index contributed by atoms with van der Waals surface area (Å²) in [5.74, 6) is -1.35. The Balaban J connectivity index is 2.21. The molecule has 0 aliphatic carbocycles. The zero-order chi connectivity index (χ0) is 12.0. The molecule has 0 aliphatic rings. The van der Waals surface area contributed by atoms with Gasteiger partial charge in [0.05, 0.1) is 5.92 Å². The second-order valence-corrected chi connectivity index (χ2v) is 3.83. The zero-order valence-electron chi connectivity index (χ0n) is 9.24. The van der Waals surface area contributed by atoms with Crippen LogP contribution in [0.2, 0.25) is 0 Å². The van der Waals surface area contributed by atoms with Gasteiger partial charge in [0.1, 0.15) is 5.82 Å². The van der Waals surface area contributed by atoms with Gasteiger partial charge in [-0.05, 0) is 30.7 Å². The number of hydrogen-bond donors (Lipinski definition) is 2. The molecule has 1 atom stereocenters. The van der Waals surface area contributed by atoms with E-state index in [9.17, 15) is 9.18 Å². The lowest BCUT2D eigenvalue weighted by molar-refractivity contribution is -0.141. The van der Waals surface area contributed by atoms with Crippen molar-refractivity contribution in [3.63, 3.8) is 0 Å². The first kappa shape index (κ1) is 12.6. The molecule has 4 heteroatoms. The number of aliphatic carboxylic acids is 1. The van der Waals surface area contributed by atoms with Crippen molar-refractivity contribution >= 4 is 5.97 Å². The number of halogens is 1. The van der Waals surface area contributed by atoms with Crippen LogP contribution in [0.25, 0.3) is 0 Å². The van der Waals surface area contributed by atoms with Crippen LogP contribution in [0.1, 0.15) is 18.9 Å². The Kier molecular flexibility index (Phi) is 4.92. The maximum absolute atomic E-state index is 12.6. The van der Waals surface area contributed by atoms with Crippen LogP contribution >= 0.6 is 0 Å². The van der Waals surface area contributed by atoms with Crippen LogP contribution in [0.3, 0.4) is 0 Å². The molecule has 0 saturated carbocycles. The fourth-order valence-electron chi connectivity index (χ4n) is 1.28. The number of benzene rings is 1. The molecule has 1 aromatic rings. The predicted octanol–water partition coefficient (Wildman–Crippen LogP) is 2.03. The van der Waals surface area contributed by atoms with Crippen LogP contribution in [0.4, 0.5) is 4.39 Å². The molecule has 16 heavy (non-hydrogen) atoms. The Morgan fingerprint density at radius 2 is 2.06 bits per heavy atom. The number of carboxylic acids is 1. The fourth-order valence-corrected chi connectivity index (χ4v) is 1.28. The van der Waals surface area contributed by atoms with Gasteiger partial charge < -0.3 is 10.4 Å². The number of hydrogen-bond acceptors (Lipinski definition) is 2. The van der Waals surface area contributed by atoms with Gasteiger partial charge in [-0.1, -0.05) is 19.1 Å². The van der Waals surface area contributed by atoms with Gasteiger partial charge in [0.25, 0.3) is 0 Å². The molecule has 1 aromatic carbocycles. The normalized spacial score (nSPS) is 12.4. The van der Waals surface area contributed by atoms with E-state index in [-0.39, 0.29) is 11.7 Å². The summed E-state index contributed by atoms with van der Waals surface area (Å²) in [6.45, 7) is 2.96. The molecule has 3 nitrogen and oxygen atoms in total. The molecule has 88 valence electrons. The third-order valence-electron chi connectivity index (χ3n) is 2.42. The first-order valence-corrected chi connectivity index (χ1v) is 5.27. The number of carboxylic acid groups (broad SMARTS) is 1. The molecule has 0 heterocycles. The number of carbonyl (C=O) groups is 1. The smallest absolute Gasteiger partial charge is 0.306 e. The summed E-state index contributed by atoms with van der Waals surface area (Å²) in [4.78, 5) is 10.5. The van der Waals surface area contributed by atoms with E-state index in [2.05, 4.69) is 5.32 Å². The molecule has 0 aromatic heterocycles. The summed E-state index contributed by atoms with van der Waals surface area (Å²) >= 11 is 0. The molecule has 0 radical (unpaired) electrons. The van der Waals surface area contributed by atoms with E-state index in [1.54, 1.807) is 19.1 Å². The molecule has 0 aliphatic heterocycles. The van der Waals surface area contributed by atoms with Crippen molar-refractivity contribution in [2.45, 2.75) is 19.9 Å². The minimum absolute atomic E-state index is 0.247. The molecule has 0 saturated heterocycles. The first-order chi connectivity index (χ1) is 7.59. The molecule has 0 amide bonds. The largest absolute Gasteiger partial charge is 0.481 e. The van der Waals surface area contributed by atoms with Crippen molar-refractivity contribution in [1.29, 1.82) is 0 Å². The monoisotopic (exact) mass is 225 g/mol. The summed E-state index contributed by atoms with van der Waals surface area (Å²) in [5.41, 5.74) is 0.990. The maximum Gasteiger partial charge on any atom is 0.306 e. The van der Waals surface area contributed by atoms with Crippen LogP contribution in [-0.2, 0) is 11.3 Å². The molecular formula is C12H16FNO2. The quantitative estimate of drug-likeness (QED) is 0.728. The molecular weight excluding hydrogens is 209 g/mol. The highest BCUT2D eigenvalue weighted by Gasteiger charge is 2.09. The molecule has 2 N–H and O–H groups in total. The third-order valence-corrected chi connectivity index (χ3v) is 2.42. The summed E-state index contributed by atoms with van der Waals surface area (Å²) < 4.78 is 12.6. The maximum atomic E-state index is 12.6. The SMILES string of the molecule is CC(CCNCc1ccc(F)cc1)C(=O)O.